The zero-order valence-electron chi connectivity index (χ0n) is 20.9. The van der Waals surface area contributed by atoms with Crippen molar-refractivity contribution in [2.45, 2.75) is 45.3 Å². The number of amides is 2. The number of hydrogen-bond acceptors (Lipinski definition) is 8. The third kappa shape index (κ3) is 6.55. The van der Waals surface area contributed by atoms with E-state index in [1.54, 1.807) is 24.3 Å². The molecule has 1 aliphatic rings. The Kier molecular flexibility index (Phi) is 8.24. The molecule has 0 aliphatic carbocycles. The van der Waals surface area contributed by atoms with Crippen molar-refractivity contribution in [3.63, 3.8) is 0 Å². The second-order valence-electron chi connectivity index (χ2n) is 9.02. The van der Waals surface area contributed by atoms with Gasteiger partial charge in [0.15, 0.2) is 0 Å². The lowest BCUT2D eigenvalue weighted by Crippen LogP contribution is -2.47. The molecule has 2 N–H and O–H groups in total. The molecule has 2 amide bonds. The van der Waals surface area contributed by atoms with Crippen molar-refractivity contribution in [1.29, 1.82) is 0 Å². The van der Waals surface area contributed by atoms with Gasteiger partial charge in [0, 0.05) is 37.4 Å². The number of hydrogen-bond donors (Lipinski definition) is 2. The van der Waals surface area contributed by atoms with Crippen LogP contribution in [0.25, 0.3) is 11.0 Å². The summed E-state index contributed by atoms with van der Waals surface area (Å²) in [5, 5.41) is 6.21. The highest BCUT2D eigenvalue weighted by Gasteiger charge is 2.26. The first-order valence-corrected chi connectivity index (χ1v) is 12.3. The average molecular weight is 529 g/mol. The topological polar surface area (TPSA) is 128 Å². The van der Waals surface area contributed by atoms with Gasteiger partial charge < -0.3 is 29.6 Å². The average Bonchev–Trinajstić information content (AvgIpc) is 3.23. The Morgan fingerprint density at radius 1 is 1.16 bits per heavy atom. The van der Waals surface area contributed by atoms with Gasteiger partial charge in [0.05, 0.1) is 23.2 Å². The number of nitrogens with zero attached hydrogens (tertiary/aromatic N) is 4. The molecule has 37 heavy (non-hydrogen) atoms. The van der Waals surface area contributed by atoms with Crippen LogP contribution in [0.15, 0.2) is 36.5 Å². The molecule has 0 atom stereocenters. The van der Waals surface area contributed by atoms with Gasteiger partial charge in [-0.3, -0.25) is 9.59 Å². The van der Waals surface area contributed by atoms with Gasteiger partial charge in [-0.15, -0.1) is 0 Å². The summed E-state index contributed by atoms with van der Waals surface area (Å²) in [6.45, 7) is 5.91. The minimum atomic E-state index is -0.876. The molecule has 0 radical (unpaired) electrons. The minimum absolute atomic E-state index is 0.000995. The van der Waals surface area contributed by atoms with E-state index < -0.39 is 12.1 Å². The lowest BCUT2D eigenvalue weighted by Gasteiger charge is -2.34. The maximum atomic E-state index is 13.3. The van der Waals surface area contributed by atoms with Crippen LogP contribution in [-0.2, 0) is 16.1 Å². The number of nitrogens with one attached hydrogen (secondary N) is 2. The van der Waals surface area contributed by atoms with E-state index in [2.05, 4.69) is 44.1 Å². The first-order valence-electron chi connectivity index (χ1n) is 12.0. The van der Waals surface area contributed by atoms with Gasteiger partial charge in [-0.05, 0) is 51.0 Å². The number of fused-ring (bicyclic) bond motifs is 1. The predicted molar refractivity (Wildman–Crippen MR) is 138 cm³/mol. The molecule has 1 fully saturated rings. The Bertz CT molecular complexity index is 1280. The number of carbonyl (C=O) groups is 3. The van der Waals surface area contributed by atoms with Gasteiger partial charge >= 0.3 is 6.16 Å². The molecule has 1 saturated heterocycles. The number of pyridine rings is 1. The number of methoxy groups -OCH3 is 1. The molecule has 12 heteroatoms. The number of benzene rings is 1. The summed E-state index contributed by atoms with van der Waals surface area (Å²) in [6.07, 6.45) is 2.20. The van der Waals surface area contributed by atoms with Crippen LogP contribution in [-0.4, -0.2) is 69.7 Å². The van der Waals surface area contributed by atoms with E-state index in [-0.39, 0.29) is 30.1 Å². The molecule has 196 valence electrons. The molecule has 0 bridgehead atoms. The molecule has 0 saturated carbocycles. The maximum absolute atomic E-state index is 13.3. The third-order valence-electron chi connectivity index (χ3n) is 6.18. The highest BCUT2D eigenvalue weighted by Crippen LogP contribution is 2.23. The number of imidazole rings is 1. The molecular formula is C25H29ClN6O5. The maximum Gasteiger partial charge on any atom is 0.513 e. The molecule has 1 aliphatic heterocycles. The Labute approximate surface area is 219 Å². The number of anilines is 1. The lowest BCUT2D eigenvalue weighted by atomic mass is 10.0. The van der Waals surface area contributed by atoms with Crippen LogP contribution in [0.1, 0.15) is 37.3 Å². The monoisotopic (exact) mass is 528 g/mol. The normalized spacial score (nSPS) is 14.5. The minimum Gasteiger partial charge on any atom is -0.437 e. The predicted octanol–water partition coefficient (Wildman–Crippen LogP) is 3.47. The largest absolute Gasteiger partial charge is 0.513 e. The van der Waals surface area contributed by atoms with Crippen molar-refractivity contribution < 1.29 is 23.9 Å². The number of likely N-dealkylation sites (tertiary alicyclic amines) is 1. The van der Waals surface area contributed by atoms with Crippen molar-refractivity contribution in [2.24, 2.45) is 0 Å². The van der Waals surface area contributed by atoms with Gasteiger partial charge in [-0.2, -0.15) is 0 Å². The molecule has 11 nitrogen and oxygen atoms in total. The summed E-state index contributed by atoms with van der Waals surface area (Å²) >= 11 is 5.87. The second kappa shape index (κ2) is 11.6. The highest BCUT2D eigenvalue weighted by atomic mass is 35.5. The number of piperidine rings is 1. The number of halogens is 1. The van der Waals surface area contributed by atoms with E-state index in [1.807, 2.05) is 0 Å². The van der Waals surface area contributed by atoms with E-state index in [1.165, 1.54) is 23.9 Å². The van der Waals surface area contributed by atoms with E-state index in [4.69, 9.17) is 16.3 Å². The summed E-state index contributed by atoms with van der Waals surface area (Å²) in [5.74, 6) is -0.173. The first-order chi connectivity index (χ1) is 17.7. The van der Waals surface area contributed by atoms with Gasteiger partial charge in [0.25, 0.3) is 5.91 Å². The quantitative estimate of drug-likeness (QED) is 0.352. The standard InChI is InChI=1S/C25H29ClN6O5/c1-15(2)31-10-8-17(9-11-31)28-24(34)23-29-19-12-18(37-25(35)36-3)5-6-20(19)32(23)14-22(33)30-21-7-4-16(26)13-27-21/h4-7,12-13,15,17H,8-11,14H2,1-3H3,(H,28,34)(H,27,30,33). The molecule has 0 spiro atoms. The van der Waals surface area contributed by atoms with Crippen molar-refractivity contribution in [1.82, 2.24) is 24.8 Å². The summed E-state index contributed by atoms with van der Waals surface area (Å²) in [5.41, 5.74) is 0.912. The molecule has 4 rings (SSSR count). The van der Waals surface area contributed by atoms with Gasteiger partial charge in [-0.25, -0.2) is 14.8 Å². The van der Waals surface area contributed by atoms with Gasteiger partial charge in [-0.1, -0.05) is 11.6 Å². The van der Waals surface area contributed by atoms with Crippen LogP contribution in [0.3, 0.4) is 0 Å². The van der Waals surface area contributed by atoms with Crippen LogP contribution < -0.4 is 15.4 Å². The SMILES string of the molecule is COC(=O)Oc1ccc2c(c1)nc(C(=O)NC1CCN(C(C)C)CC1)n2CC(=O)Nc1ccc(Cl)cn1. The fraction of sp³-hybridized carbons (Fsp3) is 0.400. The van der Waals surface area contributed by atoms with E-state index in [9.17, 15) is 14.4 Å². The molecular weight excluding hydrogens is 500 g/mol. The fourth-order valence-corrected chi connectivity index (χ4v) is 4.34. The number of carbonyl (C=O) groups excluding carboxylic acids is 3. The Morgan fingerprint density at radius 3 is 2.57 bits per heavy atom. The summed E-state index contributed by atoms with van der Waals surface area (Å²) < 4.78 is 11.2. The fourth-order valence-electron chi connectivity index (χ4n) is 4.23. The third-order valence-corrected chi connectivity index (χ3v) is 6.41. The Morgan fingerprint density at radius 2 is 1.92 bits per heavy atom. The molecule has 1 aromatic carbocycles. The van der Waals surface area contributed by atoms with Crippen molar-refractivity contribution in [3.8, 4) is 5.75 Å². The van der Waals surface area contributed by atoms with E-state index >= 15 is 0 Å². The van der Waals surface area contributed by atoms with Crippen LogP contribution >= 0.6 is 11.6 Å². The summed E-state index contributed by atoms with van der Waals surface area (Å²) in [7, 11) is 1.21. The highest BCUT2D eigenvalue weighted by molar-refractivity contribution is 6.30. The van der Waals surface area contributed by atoms with Crippen molar-refractivity contribution in [3.05, 3.63) is 47.4 Å². The van der Waals surface area contributed by atoms with Gasteiger partial charge in [0.2, 0.25) is 11.7 Å². The second-order valence-corrected chi connectivity index (χ2v) is 9.45. The molecule has 2 aromatic heterocycles. The smallest absolute Gasteiger partial charge is 0.437 e. The van der Waals surface area contributed by atoms with Crippen molar-refractivity contribution >= 4 is 46.4 Å². The number of ether oxygens (including phenoxy) is 2. The lowest BCUT2D eigenvalue weighted by molar-refractivity contribution is -0.116. The number of rotatable bonds is 7. The van der Waals surface area contributed by atoms with Crippen LogP contribution in [0, 0.1) is 0 Å². The first kappa shape index (κ1) is 26.4. The zero-order valence-corrected chi connectivity index (χ0v) is 21.6. The molecule has 0 unspecified atom stereocenters. The number of aromatic nitrogens is 3. The zero-order chi connectivity index (χ0) is 26.5. The van der Waals surface area contributed by atoms with Crippen LogP contribution in [0.2, 0.25) is 5.02 Å². The van der Waals surface area contributed by atoms with Crippen LogP contribution in [0.5, 0.6) is 5.75 Å². The van der Waals surface area contributed by atoms with Gasteiger partial charge in [0.1, 0.15) is 18.1 Å². The molecule has 3 aromatic rings. The summed E-state index contributed by atoms with van der Waals surface area (Å²) in [6, 6.07) is 8.34. The van der Waals surface area contributed by atoms with E-state index in [0.29, 0.717) is 27.9 Å². The summed E-state index contributed by atoms with van der Waals surface area (Å²) in [4.78, 5) is 48.7. The Balaban J connectivity index is 1.58. The Hall–Kier alpha value is -3.70. The van der Waals surface area contributed by atoms with Crippen LogP contribution in [0.4, 0.5) is 10.6 Å². The van der Waals surface area contributed by atoms with Crippen molar-refractivity contribution in [2.75, 3.05) is 25.5 Å². The van der Waals surface area contributed by atoms with E-state index in [0.717, 1.165) is 25.9 Å². The molecule has 3 heterocycles.